The number of hydrogen-bond donors (Lipinski definition) is 2. The first-order valence-electron chi connectivity index (χ1n) is 6.67. The van der Waals surface area contributed by atoms with E-state index in [1.54, 1.807) is 13.8 Å². The van der Waals surface area contributed by atoms with E-state index in [9.17, 15) is 14.4 Å². The lowest BCUT2D eigenvalue weighted by molar-refractivity contribution is -0.149. The summed E-state index contributed by atoms with van der Waals surface area (Å²) in [5, 5.41) is 11.4. The summed E-state index contributed by atoms with van der Waals surface area (Å²) in [6.45, 7) is 3.76. The number of methoxy groups -OCH3 is 1. The summed E-state index contributed by atoms with van der Waals surface area (Å²) >= 11 is 0. The van der Waals surface area contributed by atoms with Crippen molar-refractivity contribution in [3.05, 3.63) is 0 Å². The van der Waals surface area contributed by atoms with E-state index in [4.69, 9.17) is 19.3 Å². The van der Waals surface area contributed by atoms with Gasteiger partial charge in [0.05, 0.1) is 25.7 Å². The summed E-state index contributed by atoms with van der Waals surface area (Å²) in [6.07, 6.45) is -0.0437. The van der Waals surface area contributed by atoms with Crippen LogP contribution >= 0.6 is 0 Å². The van der Waals surface area contributed by atoms with Gasteiger partial charge in [-0.3, -0.25) is 9.59 Å². The van der Waals surface area contributed by atoms with Gasteiger partial charge < -0.3 is 24.6 Å². The van der Waals surface area contributed by atoms with Crippen LogP contribution in [0.4, 0.5) is 0 Å². The lowest BCUT2D eigenvalue weighted by atomic mass is 10.0. The number of carbonyl (C=O) groups is 3. The van der Waals surface area contributed by atoms with E-state index in [1.165, 1.54) is 7.11 Å². The van der Waals surface area contributed by atoms with Crippen LogP contribution in [0.3, 0.4) is 0 Å². The molecule has 0 spiro atoms. The normalized spacial score (nSPS) is 13.3. The Labute approximate surface area is 123 Å². The van der Waals surface area contributed by atoms with E-state index < -0.39 is 29.8 Å². The van der Waals surface area contributed by atoms with Crippen LogP contribution in [0, 0.1) is 5.92 Å². The van der Waals surface area contributed by atoms with Crippen LogP contribution in [-0.4, -0.2) is 62.5 Å². The number of esters is 1. The molecule has 2 N–H and O–H groups in total. The first kappa shape index (κ1) is 19.3. The number of rotatable bonds is 11. The van der Waals surface area contributed by atoms with E-state index in [2.05, 4.69) is 5.32 Å². The number of nitrogens with one attached hydrogen (secondary N) is 1. The van der Waals surface area contributed by atoms with Crippen LogP contribution in [0.25, 0.3) is 0 Å². The highest BCUT2D eigenvalue weighted by atomic mass is 16.5. The fourth-order valence-electron chi connectivity index (χ4n) is 1.50. The summed E-state index contributed by atoms with van der Waals surface area (Å²) in [6, 6.07) is -1.16. The topological polar surface area (TPSA) is 111 Å². The molecule has 1 amide bonds. The third-order valence-electron chi connectivity index (χ3n) is 2.58. The van der Waals surface area contributed by atoms with Crippen molar-refractivity contribution in [3.63, 3.8) is 0 Å². The third-order valence-corrected chi connectivity index (χ3v) is 2.58. The Morgan fingerprint density at radius 3 is 2.43 bits per heavy atom. The van der Waals surface area contributed by atoms with Gasteiger partial charge >= 0.3 is 11.9 Å². The zero-order valence-corrected chi connectivity index (χ0v) is 12.6. The van der Waals surface area contributed by atoms with Crippen molar-refractivity contribution in [1.82, 2.24) is 5.32 Å². The Balaban J connectivity index is 4.26. The van der Waals surface area contributed by atoms with Crippen LogP contribution in [0.1, 0.15) is 20.3 Å². The van der Waals surface area contributed by atoms with Crippen LogP contribution < -0.4 is 5.32 Å². The molecular weight excluding hydrogens is 282 g/mol. The largest absolute Gasteiger partial charge is 0.480 e. The minimum atomic E-state index is -1.21. The molecule has 0 rings (SSSR count). The molecule has 0 unspecified atom stereocenters. The van der Waals surface area contributed by atoms with Crippen LogP contribution in [0.2, 0.25) is 0 Å². The van der Waals surface area contributed by atoms with Gasteiger partial charge in [-0.1, -0.05) is 6.92 Å². The van der Waals surface area contributed by atoms with Gasteiger partial charge in [-0.25, -0.2) is 4.79 Å². The van der Waals surface area contributed by atoms with Gasteiger partial charge in [0, 0.05) is 7.11 Å². The Hall–Kier alpha value is -1.67. The van der Waals surface area contributed by atoms with Gasteiger partial charge in [0.15, 0.2) is 0 Å². The highest BCUT2D eigenvalue weighted by Crippen LogP contribution is 2.09. The molecule has 8 nitrogen and oxygen atoms in total. The van der Waals surface area contributed by atoms with Crippen molar-refractivity contribution in [3.8, 4) is 0 Å². The van der Waals surface area contributed by atoms with E-state index in [1.807, 2.05) is 0 Å². The maximum Gasteiger partial charge on any atom is 0.326 e. The second kappa shape index (κ2) is 11.0. The Morgan fingerprint density at radius 2 is 1.90 bits per heavy atom. The molecule has 0 aromatic carbocycles. The van der Waals surface area contributed by atoms with Crippen LogP contribution in [0.5, 0.6) is 0 Å². The van der Waals surface area contributed by atoms with Gasteiger partial charge in [-0.05, 0) is 13.3 Å². The summed E-state index contributed by atoms with van der Waals surface area (Å²) in [4.78, 5) is 34.1. The number of amides is 1. The lowest BCUT2D eigenvalue weighted by Gasteiger charge is -2.18. The number of ether oxygens (including phenoxy) is 3. The Morgan fingerprint density at radius 1 is 1.24 bits per heavy atom. The molecule has 0 aliphatic heterocycles. The van der Waals surface area contributed by atoms with Gasteiger partial charge in [0.25, 0.3) is 0 Å². The maximum absolute atomic E-state index is 11.5. The molecule has 0 bridgehead atoms. The second-order valence-electron chi connectivity index (χ2n) is 4.39. The van der Waals surface area contributed by atoms with Crippen molar-refractivity contribution < 1.29 is 33.7 Å². The summed E-state index contributed by atoms with van der Waals surface area (Å²) in [7, 11) is 1.50. The second-order valence-corrected chi connectivity index (χ2v) is 4.39. The van der Waals surface area contributed by atoms with Crippen molar-refractivity contribution in [2.24, 2.45) is 5.92 Å². The van der Waals surface area contributed by atoms with Gasteiger partial charge in [-0.2, -0.15) is 0 Å². The predicted octanol–water partition coefficient (Wildman–Crippen LogP) is -0.192. The first-order chi connectivity index (χ1) is 9.92. The van der Waals surface area contributed by atoms with Gasteiger partial charge in [0.1, 0.15) is 12.6 Å². The standard InChI is InChI=1S/C13H23NO7/c1-4-21-13(18)9(2)7-10(12(16)17)14-11(15)8-20-6-5-19-3/h9-10H,4-8H2,1-3H3,(H,14,15)(H,16,17)/t9-,10+/m0/s1. The summed E-state index contributed by atoms with van der Waals surface area (Å²) < 4.78 is 14.5. The number of carboxylic acid groups (broad SMARTS) is 1. The number of carboxylic acids is 1. The minimum absolute atomic E-state index is 0.0437. The number of aliphatic carboxylic acids is 1. The highest BCUT2D eigenvalue weighted by Gasteiger charge is 2.26. The summed E-state index contributed by atoms with van der Waals surface area (Å²) in [5.41, 5.74) is 0. The highest BCUT2D eigenvalue weighted by molar-refractivity contribution is 5.84. The molecule has 0 aromatic rings. The quantitative estimate of drug-likeness (QED) is 0.402. The van der Waals surface area contributed by atoms with Crippen molar-refractivity contribution in [1.29, 1.82) is 0 Å². The molecule has 0 aliphatic rings. The lowest BCUT2D eigenvalue weighted by Crippen LogP contribution is -2.44. The van der Waals surface area contributed by atoms with Crippen LogP contribution in [0.15, 0.2) is 0 Å². The molecule has 2 atom stereocenters. The minimum Gasteiger partial charge on any atom is -0.480 e. The third kappa shape index (κ3) is 8.98. The molecular formula is C13H23NO7. The van der Waals surface area contributed by atoms with Crippen molar-refractivity contribution in [2.45, 2.75) is 26.3 Å². The smallest absolute Gasteiger partial charge is 0.326 e. The van der Waals surface area contributed by atoms with Crippen LogP contribution in [-0.2, 0) is 28.6 Å². The zero-order valence-electron chi connectivity index (χ0n) is 12.6. The van der Waals surface area contributed by atoms with E-state index >= 15 is 0 Å². The first-order valence-corrected chi connectivity index (χ1v) is 6.67. The molecule has 0 radical (unpaired) electrons. The molecule has 0 aromatic heterocycles. The molecule has 8 heteroatoms. The average Bonchev–Trinajstić information content (AvgIpc) is 2.42. The van der Waals surface area contributed by atoms with Crippen molar-refractivity contribution in [2.75, 3.05) is 33.5 Å². The molecule has 122 valence electrons. The molecule has 0 heterocycles. The van der Waals surface area contributed by atoms with E-state index in [0.717, 1.165) is 0 Å². The maximum atomic E-state index is 11.5. The van der Waals surface area contributed by atoms with Gasteiger partial charge in [-0.15, -0.1) is 0 Å². The number of hydrogen-bond acceptors (Lipinski definition) is 6. The Bertz CT molecular complexity index is 345. The molecule has 0 fully saturated rings. The van der Waals surface area contributed by atoms with E-state index in [0.29, 0.717) is 6.61 Å². The SMILES string of the molecule is CCOC(=O)[C@@H](C)C[C@@H](NC(=O)COCCOC)C(=O)O. The number of carbonyl (C=O) groups excluding carboxylic acids is 2. The molecule has 0 aliphatic carbocycles. The predicted molar refractivity (Wildman–Crippen MR) is 72.7 cm³/mol. The molecule has 0 saturated carbocycles. The fourth-order valence-corrected chi connectivity index (χ4v) is 1.50. The zero-order chi connectivity index (χ0) is 16.3. The Kier molecular flexibility index (Phi) is 10.2. The van der Waals surface area contributed by atoms with E-state index in [-0.39, 0.29) is 26.2 Å². The molecule has 0 saturated heterocycles. The molecule has 21 heavy (non-hydrogen) atoms. The monoisotopic (exact) mass is 305 g/mol. The van der Waals surface area contributed by atoms with Gasteiger partial charge in [0.2, 0.25) is 5.91 Å². The summed E-state index contributed by atoms with van der Waals surface area (Å²) in [5.74, 6) is -2.89. The average molecular weight is 305 g/mol. The fraction of sp³-hybridized carbons (Fsp3) is 0.769. The van der Waals surface area contributed by atoms with Crippen molar-refractivity contribution >= 4 is 17.8 Å².